The fourth-order valence-electron chi connectivity index (χ4n) is 2.35. The van der Waals surface area contributed by atoms with Gasteiger partial charge < -0.3 is 10.3 Å². The van der Waals surface area contributed by atoms with Crippen LogP contribution in [0.2, 0.25) is 0 Å². The number of aryl methyl sites for hydroxylation is 1. The van der Waals surface area contributed by atoms with Gasteiger partial charge in [-0.15, -0.1) is 0 Å². The second kappa shape index (κ2) is 4.56. The van der Waals surface area contributed by atoms with Crippen LogP contribution in [0.25, 0.3) is 22.2 Å². The summed E-state index contributed by atoms with van der Waals surface area (Å²) in [6, 6.07) is 6.72. The normalized spacial score (nSPS) is 11.9. The van der Waals surface area contributed by atoms with Crippen molar-refractivity contribution in [2.75, 3.05) is 12.0 Å². The van der Waals surface area contributed by atoms with Crippen molar-refractivity contribution in [1.82, 2.24) is 14.5 Å². The van der Waals surface area contributed by atoms with Gasteiger partial charge in [0.1, 0.15) is 17.4 Å². The number of nitrogen functional groups attached to an aromatic ring is 1. The molecule has 0 atom stereocenters. The predicted octanol–water partition coefficient (Wildman–Crippen LogP) is 1.62. The number of fused-ring (bicyclic) bond motifs is 1. The highest BCUT2D eigenvalue weighted by atomic mass is 32.2. The highest BCUT2D eigenvalue weighted by Crippen LogP contribution is 2.30. The molecule has 0 amide bonds. The van der Waals surface area contributed by atoms with Crippen LogP contribution in [0.15, 0.2) is 41.7 Å². The molecule has 0 bridgehead atoms. The molecule has 0 unspecified atom stereocenters. The number of aromatic nitrogens is 3. The SMILES string of the molecule is Cn1cc(-c2ccc(S(C)(=O)=O)cc2)c2ncnc(N)c21. The van der Waals surface area contributed by atoms with Gasteiger partial charge in [-0.3, -0.25) is 0 Å². The molecule has 2 heterocycles. The molecule has 0 aliphatic carbocycles. The third kappa shape index (κ3) is 2.25. The maximum atomic E-state index is 11.5. The average Bonchev–Trinajstić information content (AvgIpc) is 2.77. The van der Waals surface area contributed by atoms with Gasteiger partial charge in [-0.2, -0.15) is 0 Å². The minimum Gasteiger partial charge on any atom is -0.382 e. The number of nitrogens with two attached hydrogens (primary N) is 1. The first-order valence-corrected chi connectivity index (χ1v) is 8.13. The molecular weight excluding hydrogens is 288 g/mol. The van der Waals surface area contributed by atoms with Crippen LogP contribution in [0, 0.1) is 0 Å². The number of benzene rings is 1. The molecule has 7 heteroatoms. The lowest BCUT2D eigenvalue weighted by Gasteiger charge is -2.02. The Hall–Kier alpha value is -2.41. The molecule has 0 saturated heterocycles. The summed E-state index contributed by atoms with van der Waals surface area (Å²) < 4.78 is 24.9. The standard InChI is InChI=1S/C14H14N4O2S/c1-18-7-11(12-13(18)14(15)17-8-16-12)9-3-5-10(6-4-9)21(2,19)20/h3-8H,1-2H3,(H2,15,16,17). The zero-order chi connectivity index (χ0) is 15.2. The second-order valence-electron chi connectivity index (χ2n) is 4.91. The summed E-state index contributed by atoms with van der Waals surface area (Å²) in [5.74, 6) is 0.418. The lowest BCUT2D eigenvalue weighted by atomic mass is 10.1. The van der Waals surface area contributed by atoms with E-state index in [1.54, 1.807) is 24.3 Å². The lowest BCUT2D eigenvalue weighted by molar-refractivity contribution is 0.602. The molecule has 3 aromatic rings. The third-order valence-electron chi connectivity index (χ3n) is 3.37. The maximum Gasteiger partial charge on any atom is 0.175 e. The van der Waals surface area contributed by atoms with Crippen LogP contribution in [-0.4, -0.2) is 29.2 Å². The van der Waals surface area contributed by atoms with Crippen LogP contribution in [0.3, 0.4) is 0 Å². The number of hydrogen-bond acceptors (Lipinski definition) is 5. The quantitative estimate of drug-likeness (QED) is 0.776. The van der Waals surface area contributed by atoms with E-state index in [4.69, 9.17) is 5.73 Å². The Kier molecular flexibility index (Phi) is 2.94. The van der Waals surface area contributed by atoms with Gasteiger partial charge in [-0.05, 0) is 17.7 Å². The number of rotatable bonds is 2. The topological polar surface area (TPSA) is 90.9 Å². The number of anilines is 1. The first-order valence-electron chi connectivity index (χ1n) is 6.24. The maximum absolute atomic E-state index is 11.5. The van der Waals surface area contributed by atoms with Crippen LogP contribution in [0.1, 0.15) is 0 Å². The molecule has 0 radical (unpaired) electrons. The molecule has 1 aromatic carbocycles. The van der Waals surface area contributed by atoms with E-state index in [0.717, 1.165) is 22.2 Å². The minimum atomic E-state index is -3.20. The van der Waals surface area contributed by atoms with E-state index in [1.807, 2.05) is 17.8 Å². The van der Waals surface area contributed by atoms with E-state index in [-0.39, 0.29) is 0 Å². The van der Waals surface area contributed by atoms with Crippen molar-refractivity contribution in [3.63, 3.8) is 0 Å². The Morgan fingerprint density at radius 1 is 1.14 bits per heavy atom. The average molecular weight is 302 g/mol. The minimum absolute atomic E-state index is 0.292. The molecule has 2 N–H and O–H groups in total. The van der Waals surface area contributed by atoms with E-state index in [0.29, 0.717) is 10.7 Å². The van der Waals surface area contributed by atoms with Gasteiger partial charge in [0.15, 0.2) is 15.7 Å². The van der Waals surface area contributed by atoms with E-state index >= 15 is 0 Å². The van der Waals surface area contributed by atoms with Crippen LogP contribution in [0.5, 0.6) is 0 Å². The predicted molar refractivity (Wildman–Crippen MR) is 81.5 cm³/mol. The van der Waals surface area contributed by atoms with Crippen molar-refractivity contribution in [2.24, 2.45) is 7.05 Å². The molecule has 108 valence electrons. The van der Waals surface area contributed by atoms with Crippen LogP contribution in [0.4, 0.5) is 5.82 Å². The summed E-state index contributed by atoms with van der Waals surface area (Å²) in [6.07, 6.45) is 4.52. The van der Waals surface area contributed by atoms with Crippen molar-refractivity contribution in [3.05, 3.63) is 36.8 Å². The molecule has 0 aliphatic heterocycles. The monoisotopic (exact) mass is 302 g/mol. The summed E-state index contributed by atoms with van der Waals surface area (Å²) in [5.41, 5.74) is 9.16. The van der Waals surface area contributed by atoms with Gasteiger partial charge in [0.25, 0.3) is 0 Å². The van der Waals surface area contributed by atoms with Crippen molar-refractivity contribution in [1.29, 1.82) is 0 Å². The number of nitrogens with zero attached hydrogens (tertiary/aromatic N) is 3. The summed E-state index contributed by atoms with van der Waals surface area (Å²) >= 11 is 0. The van der Waals surface area contributed by atoms with Crippen molar-refractivity contribution < 1.29 is 8.42 Å². The van der Waals surface area contributed by atoms with E-state index in [9.17, 15) is 8.42 Å². The molecule has 6 nitrogen and oxygen atoms in total. The Bertz CT molecular complexity index is 928. The van der Waals surface area contributed by atoms with Gasteiger partial charge in [0.2, 0.25) is 0 Å². The van der Waals surface area contributed by atoms with Crippen molar-refractivity contribution in [2.45, 2.75) is 4.90 Å². The van der Waals surface area contributed by atoms with E-state index in [2.05, 4.69) is 9.97 Å². The summed E-state index contributed by atoms with van der Waals surface area (Å²) in [7, 11) is -1.33. The van der Waals surface area contributed by atoms with Crippen molar-refractivity contribution >= 4 is 26.7 Å². The van der Waals surface area contributed by atoms with Crippen LogP contribution >= 0.6 is 0 Å². The molecule has 3 rings (SSSR count). The molecule has 2 aromatic heterocycles. The van der Waals surface area contributed by atoms with Gasteiger partial charge in [0, 0.05) is 25.1 Å². The highest BCUT2D eigenvalue weighted by Gasteiger charge is 2.14. The molecule has 0 spiro atoms. The Morgan fingerprint density at radius 2 is 1.81 bits per heavy atom. The smallest absolute Gasteiger partial charge is 0.175 e. The first kappa shape index (κ1) is 13.6. The largest absolute Gasteiger partial charge is 0.382 e. The number of hydrogen-bond donors (Lipinski definition) is 1. The summed E-state index contributed by atoms with van der Waals surface area (Å²) in [5, 5.41) is 0. The fraction of sp³-hybridized carbons (Fsp3) is 0.143. The molecule has 0 saturated carbocycles. The molecule has 0 fully saturated rings. The van der Waals surface area contributed by atoms with Crippen LogP contribution in [-0.2, 0) is 16.9 Å². The Balaban J connectivity index is 2.20. The zero-order valence-electron chi connectivity index (χ0n) is 11.6. The molecule has 21 heavy (non-hydrogen) atoms. The first-order chi connectivity index (χ1) is 9.88. The zero-order valence-corrected chi connectivity index (χ0v) is 12.4. The van der Waals surface area contributed by atoms with E-state index < -0.39 is 9.84 Å². The van der Waals surface area contributed by atoms with Crippen LogP contribution < -0.4 is 5.73 Å². The van der Waals surface area contributed by atoms with Gasteiger partial charge in [-0.1, -0.05) is 12.1 Å². The molecule has 0 aliphatic rings. The third-order valence-corrected chi connectivity index (χ3v) is 4.50. The summed E-state index contributed by atoms with van der Waals surface area (Å²) in [4.78, 5) is 8.56. The van der Waals surface area contributed by atoms with E-state index in [1.165, 1.54) is 12.6 Å². The Morgan fingerprint density at radius 3 is 2.43 bits per heavy atom. The van der Waals surface area contributed by atoms with Gasteiger partial charge in [0.05, 0.1) is 4.90 Å². The van der Waals surface area contributed by atoms with Gasteiger partial charge >= 0.3 is 0 Å². The number of sulfone groups is 1. The Labute approximate surface area is 122 Å². The van der Waals surface area contributed by atoms with Gasteiger partial charge in [-0.25, -0.2) is 18.4 Å². The second-order valence-corrected chi connectivity index (χ2v) is 6.92. The molecular formula is C14H14N4O2S. The highest BCUT2D eigenvalue weighted by molar-refractivity contribution is 7.90. The van der Waals surface area contributed by atoms with Crippen molar-refractivity contribution in [3.8, 4) is 11.1 Å². The fourth-order valence-corrected chi connectivity index (χ4v) is 2.98. The lowest BCUT2D eigenvalue weighted by Crippen LogP contribution is -1.96. The summed E-state index contributed by atoms with van der Waals surface area (Å²) in [6.45, 7) is 0.